The number of benzene rings is 1. The minimum absolute atomic E-state index is 0.0976. The maximum Gasteiger partial charge on any atom is 0.323 e. The Morgan fingerprint density at radius 2 is 1.78 bits per heavy atom. The molecule has 200 valence electrons. The Morgan fingerprint density at radius 1 is 1.14 bits per heavy atom. The SMILES string of the molecule is CC(Cn1cnc2c(N)ncnc21)OCP(=O)(NC(=O)c1ccc(C(C)(C)C)cc1)NC(C)(C)C(=O)O. The fraction of sp³-hybridized carbons (Fsp3) is 0.458. The Balaban J connectivity index is 1.76. The molecule has 2 heterocycles. The number of nitrogens with one attached hydrogen (secondary N) is 2. The number of aliphatic carboxylic acids is 1. The van der Waals surface area contributed by atoms with Crippen LogP contribution < -0.4 is 15.9 Å². The topological polar surface area (TPSA) is 174 Å². The molecule has 0 saturated heterocycles. The summed E-state index contributed by atoms with van der Waals surface area (Å²) in [5.41, 5.74) is 6.43. The summed E-state index contributed by atoms with van der Waals surface area (Å²) in [6.07, 6.45) is 1.93. The fourth-order valence-corrected chi connectivity index (χ4v) is 5.64. The van der Waals surface area contributed by atoms with E-state index >= 15 is 0 Å². The average molecular weight is 532 g/mol. The Bertz CT molecular complexity index is 1330. The van der Waals surface area contributed by atoms with Gasteiger partial charge in [-0.05, 0) is 43.9 Å². The standard InChI is InChI=1S/C24H34N7O5P/c1-15(11-31-13-28-18-19(25)26-12-27-20(18)31)36-14-37(35,30-24(5,6)22(33)34)29-21(32)16-7-9-17(10-8-16)23(2,3)4/h7-10,12-13,15H,11,14H2,1-6H3,(H,33,34)(H2,25,26,27)(H2,29,30,32,35). The normalized spacial score (nSPS) is 14.8. The number of anilines is 1. The average Bonchev–Trinajstić information content (AvgIpc) is 3.21. The van der Waals surface area contributed by atoms with Gasteiger partial charge in [0.2, 0.25) is 0 Å². The third kappa shape index (κ3) is 6.91. The number of carbonyl (C=O) groups excluding carboxylic acids is 1. The molecule has 37 heavy (non-hydrogen) atoms. The van der Waals surface area contributed by atoms with Crippen LogP contribution in [0.3, 0.4) is 0 Å². The molecule has 13 heteroatoms. The molecule has 0 fully saturated rings. The molecule has 2 aromatic heterocycles. The summed E-state index contributed by atoms with van der Waals surface area (Å²) < 4.78 is 21.4. The predicted octanol–water partition coefficient (Wildman–Crippen LogP) is 3.14. The van der Waals surface area contributed by atoms with Crippen molar-refractivity contribution in [3.8, 4) is 0 Å². The Hall–Kier alpha value is -3.34. The second-order valence-electron chi connectivity index (χ2n) is 10.5. The van der Waals surface area contributed by atoms with Gasteiger partial charge < -0.3 is 20.1 Å². The van der Waals surface area contributed by atoms with Crippen molar-refractivity contribution in [3.63, 3.8) is 0 Å². The predicted molar refractivity (Wildman–Crippen MR) is 140 cm³/mol. The van der Waals surface area contributed by atoms with Gasteiger partial charge in [-0.1, -0.05) is 32.9 Å². The molecule has 0 saturated carbocycles. The van der Waals surface area contributed by atoms with E-state index in [1.807, 2.05) is 12.1 Å². The number of nitrogens with zero attached hydrogens (tertiary/aromatic N) is 4. The molecule has 2 unspecified atom stereocenters. The highest BCUT2D eigenvalue weighted by Crippen LogP contribution is 2.40. The first kappa shape index (κ1) is 28.2. The molecule has 3 rings (SSSR count). The largest absolute Gasteiger partial charge is 0.480 e. The van der Waals surface area contributed by atoms with Crippen molar-refractivity contribution in [1.82, 2.24) is 29.7 Å². The van der Waals surface area contributed by atoms with Gasteiger partial charge in [-0.2, -0.15) is 0 Å². The maximum atomic E-state index is 13.8. The van der Waals surface area contributed by atoms with E-state index in [1.165, 1.54) is 20.2 Å². The minimum atomic E-state index is -3.88. The zero-order valence-electron chi connectivity index (χ0n) is 21.8. The molecule has 0 spiro atoms. The number of rotatable bonds is 10. The lowest BCUT2D eigenvalue weighted by atomic mass is 9.87. The number of amides is 1. The van der Waals surface area contributed by atoms with Crippen molar-refractivity contribution in [1.29, 1.82) is 0 Å². The van der Waals surface area contributed by atoms with Gasteiger partial charge in [0.15, 0.2) is 11.5 Å². The number of hydrogen-bond acceptors (Lipinski definition) is 8. The quantitative estimate of drug-likeness (QED) is 0.284. The van der Waals surface area contributed by atoms with Crippen molar-refractivity contribution in [3.05, 3.63) is 48.0 Å². The molecular formula is C24H34N7O5P. The summed E-state index contributed by atoms with van der Waals surface area (Å²) in [5, 5.41) is 14.7. The second-order valence-corrected chi connectivity index (χ2v) is 12.7. The second kappa shape index (κ2) is 10.6. The van der Waals surface area contributed by atoms with Crippen LogP contribution in [-0.4, -0.2) is 54.5 Å². The Labute approximate surface area is 215 Å². The number of nitrogen functional groups attached to an aromatic ring is 1. The minimum Gasteiger partial charge on any atom is -0.480 e. The van der Waals surface area contributed by atoms with E-state index in [4.69, 9.17) is 10.5 Å². The van der Waals surface area contributed by atoms with E-state index in [9.17, 15) is 19.3 Å². The summed E-state index contributed by atoms with van der Waals surface area (Å²) >= 11 is 0. The van der Waals surface area contributed by atoms with E-state index in [2.05, 4.69) is 45.9 Å². The van der Waals surface area contributed by atoms with Gasteiger partial charge >= 0.3 is 5.97 Å². The van der Waals surface area contributed by atoms with Crippen LogP contribution >= 0.6 is 7.44 Å². The van der Waals surface area contributed by atoms with Crippen LogP contribution in [0.1, 0.15) is 57.5 Å². The Morgan fingerprint density at radius 3 is 2.38 bits per heavy atom. The van der Waals surface area contributed by atoms with E-state index in [0.29, 0.717) is 16.7 Å². The molecule has 2 atom stereocenters. The molecule has 12 nitrogen and oxygen atoms in total. The summed E-state index contributed by atoms with van der Waals surface area (Å²) in [4.78, 5) is 37.0. The molecule has 3 aromatic rings. The van der Waals surface area contributed by atoms with Crippen molar-refractivity contribution in [2.75, 3.05) is 12.1 Å². The fourth-order valence-electron chi connectivity index (χ4n) is 3.54. The molecule has 0 aliphatic carbocycles. The molecular weight excluding hydrogens is 497 g/mol. The van der Waals surface area contributed by atoms with Crippen LogP contribution in [0.4, 0.5) is 5.82 Å². The number of ether oxygens (including phenoxy) is 1. The van der Waals surface area contributed by atoms with Crippen LogP contribution in [0, 0.1) is 0 Å². The van der Waals surface area contributed by atoms with Gasteiger partial charge in [0.1, 0.15) is 23.7 Å². The third-order valence-corrected chi connectivity index (χ3v) is 7.71. The molecule has 1 amide bonds. The number of carboxylic acids is 1. The van der Waals surface area contributed by atoms with E-state index in [1.54, 1.807) is 30.0 Å². The summed E-state index contributed by atoms with van der Waals surface area (Å²) in [6.45, 7) is 10.9. The highest BCUT2D eigenvalue weighted by atomic mass is 31.2. The summed E-state index contributed by atoms with van der Waals surface area (Å²) in [6, 6.07) is 6.95. The van der Waals surface area contributed by atoms with Gasteiger partial charge in [0.25, 0.3) is 13.4 Å². The van der Waals surface area contributed by atoms with Crippen LogP contribution in [0.25, 0.3) is 11.2 Å². The highest BCUT2D eigenvalue weighted by molar-refractivity contribution is 7.60. The van der Waals surface area contributed by atoms with Crippen molar-refractivity contribution < 1.29 is 24.0 Å². The zero-order chi connectivity index (χ0) is 27.6. The molecule has 1 aromatic carbocycles. The lowest BCUT2D eigenvalue weighted by Crippen LogP contribution is -2.48. The van der Waals surface area contributed by atoms with Gasteiger partial charge in [-0.15, -0.1) is 0 Å². The smallest absolute Gasteiger partial charge is 0.323 e. The van der Waals surface area contributed by atoms with Crippen molar-refractivity contribution in [2.24, 2.45) is 0 Å². The molecule has 0 aliphatic heterocycles. The number of nitrogens with two attached hydrogens (primary N) is 1. The Kier molecular flexibility index (Phi) is 8.06. The van der Waals surface area contributed by atoms with Crippen molar-refractivity contribution >= 4 is 36.3 Å². The summed E-state index contributed by atoms with van der Waals surface area (Å²) in [5.74, 6) is -1.59. The van der Waals surface area contributed by atoms with Gasteiger partial charge in [0.05, 0.1) is 19.0 Å². The zero-order valence-corrected chi connectivity index (χ0v) is 22.7. The van der Waals surface area contributed by atoms with Gasteiger partial charge in [-0.25, -0.2) is 20.0 Å². The number of aromatic nitrogens is 4. The summed E-state index contributed by atoms with van der Waals surface area (Å²) in [7, 11) is -3.88. The first-order chi connectivity index (χ1) is 17.1. The van der Waals surface area contributed by atoms with E-state index < -0.39 is 37.3 Å². The van der Waals surface area contributed by atoms with E-state index in [0.717, 1.165) is 5.56 Å². The van der Waals surface area contributed by atoms with Crippen LogP contribution in [0.2, 0.25) is 0 Å². The number of carbonyl (C=O) groups is 2. The van der Waals surface area contributed by atoms with Gasteiger partial charge in [0, 0.05) is 5.56 Å². The van der Waals surface area contributed by atoms with Crippen LogP contribution in [0.15, 0.2) is 36.9 Å². The van der Waals surface area contributed by atoms with E-state index in [-0.39, 0.29) is 17.8 Å². The van der Waals surface area contributed by atoms with Crippen LogP contribution in [0.5, 0.6) is 0 Å². The monoisotopic (exact) mass is 531 g/mol. The molecule has 0 bridgehead atoms. The molecule has 5 N–H and O–H groups in total. The maximum absolute atomic E-state index is 13.8. The first-order valence-corrected chi connectivity index (χ1v) is 13.6. The number of hydrogen-bond donors (Lipinski definition) is 4. The van der Waals surface area contributed by atoms with Crippen molar-refractivity contribution in [2.45, 2.75) is 65.1 Å². The lowest BCUT2D eigenvalue weighted by Gasteiger charge is -2.29. The molecule has 0 aliphatic rings. The number of fused-ring (bicyclic) bond motifs is 1. The highest BCUT2D eigenvalue weighted by Gasteiger charge is 2.38. The molecule has 0 radical (unpaired) electrons. The first-order valence-electron chi connectivity index (χ1n) is 11.7. The number of imidazole rings is 1. The lowest BCUT2D eigenvalue weighted by molar-refractivity contribution is -0.142. The van der Waals surface area contributed by atoms with Gasteiger partial charge in [-0.3, -0.25) is 19.2 Å². The number of carboxylic acid groups (broad SMARTS) is 1. The third-order valence-electron chi connectivity index (χ3n) is 5.71. The van der Waals surface area contributed by atoms with Crippen LogP contribution in [-0.2, 0) is 26.1 Å².